The average molecular weight is 267 g/mol. The van der Waals surface area contributed by atoms with Crippen molar-refractivity contribution in [3.63, 3.8) is 0 Å². The van der Waals surface area contributed by atoms with Gasteiger partial charge < -0.3 is 14.7 Å². The number of carbonyl (C=O) groups is 2. The van der Waals surface area contributed by atoms with E-state index >= 15 is 0 Å². The SMILES string of the molecule is CCN(CC(C)C(=O)O)c1ccnc(C(=O)OC)n1. The minimum absolute atomic E-state index is 0.0403. The van der Waals surface area contributed by atoms with Crippen LogP contribution in [0.25, 0.3) is 0 Å². The van der Waals surface area contributed by atoms with Gasteiger partial charge in [-0.15, -0.1) is 0 Å². The van der Waals surface area contributed by atoms with Crippen molar-refractivity contribution in [2.75, 3.05) is 25.1 Å². The van der Waals surface area contributed by atoms with Gasteiger partial charge in [-0.05, 0) is 13.0 Å². The molecule has 0 amide bonds. The van der Waals surface area contributed by atoms with Crippen LogP contribution in [0.5, 0.6) is 0 Å². The Labute approximate surface area is 111 Å². The number of carbonyl (C=O) groups excluding carboxylic acids is 1. The first kappa shape index (κ1) is 14.9. The fraction of sp³-hybridized carbons (Fsp3) is 0.500. The van der Waals surface area contributed by atoms with Crippen LogP contribution in [0, 0.1) is 5.92 Å². The molecule has 0 radical (unpaired) electrons. The number of rotatable bonds is 6. The number of anilines is 1. The highest BCUT2D eigenvalue weighted by atomic mass is 16.5. The van der Waals surface area contributed by atoms with Gasteiger partial charge in [-0.1, -0.05) is 6.92 Å². The van der Waals surface area contributed by atoms with Crippen LogP contribution in [0.3, 0.4) is 0 Å². The highest BCUT2D eigenvalue weighted by molar-refractivity contribution is 5.85. The summed E-state index contributed by atoms with van der Waals surface area (Å²) in [6, 6.07) is 1.63. The van der Waals surface area contributed by atoms with Crippen LogP contribution in [0.2, 0.25) is 0 Å². The third-order valence-electron chi connectivity index (χ3n) is 2.63. The molecular formula is C12H17N3O4. The van der Waals surface area contributed by atoms with E-state index < -0.39 is 17.9 Å². The first-order valence-corrected chi connectivity index (χ1v) is 5.88. The molecule has 0 saturated heterocycles. The van der Waals surface area contributed by atoms with Crippen molar-refractivity contribution in [2.45, 2.75) is 13.8 Å². The summed E-state index contributed by atoms with van der Waals surface area (Å²) in [6.45, 7) is 4.39. The number of hydrogen-bond acceptors (Lipinski definition) is 6. The number of esters is 1. The van der Waals surface area contributed by atoms with Crippen LogP contribution in [-0.2, 0) is 9.53 Å². The molecule has 19 heavy (non-hydrogen) atoms. The molecule has 1 N–H and O–H groups in total. The molecule has 0 spiro atoms. The van der Waals surface area contributed by atoms with Gasteiger partial charge in [0.1, 0.15) is 5.82 Å². The molecule has 1 heterocycles. The molecular weight excluding hydrogens is 250 g/mol. The highest BCUT2D eigenvalue weighted by Gasteiger charge is 2.18. The Morgan fingerprint density at radius 2 is 2.21 bits per heavy atom. The lowest BCUT2D eigenvalue weighted by Crippen LogP contribution is -2.32. The van der Waals surface area contributed by atoms with E-state index in [1.54, 1.807) is 17.9 Å². The average Bonchev–Trinajstić information content (AvgIpc) is 2.43. The highest BCUT2D eigenvalue weighted by Crippen LogP contribution is 2.12. The number of carboxylic acid groups (broad SMARTS) is 1. The van der Waals surface area contributed by atoms with Gasteiger partial charge in [0.15, 0.2) is 0 Å². The van der Waals surface area contributed by atoms with Crippen molar-refractivity contribution < 1.29 is 19.4 Å². The molecule has 7 heteroatoms. The van der Waals surface area contributed by atoms with E-state index in [4.69, 9.17) is 5.11 Å². The number of nitrogens with zero attached hydrogens (tertiary/aromatic N) is 3. The number of hydrogen-bond donors (Lipinski definition) is 1. The maximum atomic E-state index is 11.3. The van der Waals surface area contributed by atoms with E-state index in [0.717, 1.165) is 0 Å². The molecule has 0 aromatic carbocycles. The molecule has 0 saturated carbocycles. The number of ether oxygens (including phenoxy) is 1. The maximum Gasteiger partial charge on any atom is 0.376 e. The quantitative estimate of drug-likeness (QED) is 0.762. The largest absolute Gasteiger partial charge is 0.481 e. The lowest BCUT2D eigenvalue weighted by atomic mass is 10.1. The Kier molecular flexibility index (Phi) is 5.23. The predicted molar refractivity (Wildman–Crippen MR) is 68.1 cm³/mol. The molecule has 1 unspecified atom stereocenters. The van der Waals surface area contributed by atoms with Crippen LogP contribution in [0.1, 0.15) is 24.5 Å². The predicted octanol–water partition coefficient (Wildman–Crippen LogP) is 0.810. The van der Waals surface area contributed by atoms with Crippen LogP contribution >= 0.6 is 0 Å². The summed E-state index contributed by atoms with van der Waals surface area (Å²) in [4.78, 5) is 31.9. The van der Waals surface area contributed by atoms with Gasteiger partial charge in [-0.25, -0.2) is 14.8 Å². The monoisotopic (exact) mass is 267 g/mol. The maximum absolute atomic E-state index is 11.3. The minimum atomic E-state index is -0.874. The molecule has 1 atom stereocenters. The first-order valence-electron chi connectivity index (χ1n) is 5.88. The van der Waals surface area contributed by atoms with Crippen molar-refractivity contribution in [2.24, 2.45) is 5.92 Å². The molecule has 0 fully saturated rings. The lowest BCUT2D eigenvalue weighted by molar-refractivity contribution is -0.140. The molecule has 1 rings (SSSR count). The number of aromatic nitrogens is 2. The Balaban J connectivity index is 2.92. The molecule has 1 aromatic heterocycles. The second kappa shape index (κ2) is 6.67. The van der Waals surface area contributed by atoms with Gasteiger partial charge in [0, 0.05) is 19.3 Å². The number of aliphatic carboxylic acids is 1. The Bertz CT molecular complexity index is 464. The molecule has 0 aliphatic carbocycles. The summed E-state index contributed by atoms with van der Waals surface area (Å²) in [5, 5.41) is 8.92. The third-order valence-corrected chi connectivity index (χ3v) is 2.63. The van der Waals surface area contributed by atoms with Gasteiger partial charge in [-0.3, -0.25) is 4.79 Å². The van der Waals surface area contributed by atoms with Crippen molar-refractivity contribution in [3.05, 3.63) is 18.1 Å². The third kappa shape index (κ3) is 3.90. The fourth-order valence-electron chi connectivity index (χ4n) is 1.51. The van der Waals surface area contributed by atoms with Crippen molar-refractivity contribution in [3.8, 4) is 0 Å². The summed E-state index contributed by atoms with van der Waals surface area (Å²) in [5.41, 5.74) is 0. The summed E-state index contributed by atoms with van der Waals surface area (Å²) >= 11 is 0. The van der Waals surface area contributed by atoms with Crippen LogP contribution in [0.4, 0.5) is 5.82 Å². The smallest absolute Gasteiger partial charge is 0.376 e. The summed E-state index contributed by atoms with van der Waals surface area (Å²) in [5.74, 6) is -1.56. The normalized spacial score (nSPS) is 11.7. The van der Waals surface area contributed by atoms with Crippen LogP contribution < -0.4 is 4.90 Å². The Hall–Kier alpha value is -2.18. The molecule has 0 aliphatic heterocycles. The van der Waals surface area contributed by atoms with Crippen molar-refractivity contribution in [1.29, 1.82) is 0 Å². The van der Waals surface area contributed by atoms with Gasteiger partial charge in [-0.2, -0.15) is 0 Å². The fourth-order valence-corrected chi connectivity index (χ4v) is 1.51. The van der Waals surface area contributed by atoms with Crippen molar-refractivity contribution >= 4 is 17.8 Å². The van der Waals surface area contributed by atoms with E-state index in [0.29, 0.717) is 18.9 Å². The lowest BCUT2D eigenvalue weighted by Gasteiger charge is -2.23. The topological polar surface area (TPSA) is 92.6 Å². The van der Waals surface area contributed by atoms with E-state index in [-0.39, 0.29) is 5.82 Å². The zero-order valence-electron chi connectivity index (χ0n) is 11.2. The molecule has 0 aliphatic rings. The van der Waals surface area contributed by atoms with Gasteiger partial charge in [0.25, 0.3) is 0 Å². The van der Waals surface area contributed by atoms with Gasteiger partial charge in [0.2, 0.25) is 5.82 Å². The van der Waals surface area contributed by atoms with E-state index in [1.165, 1.54) is 13.3 Å². The zero-order valence-corrected chi connectivity index (χ0v) is 11.2. The van der Waals surface area contributed by atoms with Crippen LogP contribution in [-0.4, -0.2) is 47.2 Å². The van der Waals surface area contributed by atoms with Gasteiger partial charge >= 0.3 is 11.9 Å². The molecule has 104 valence electrons. The standard InChI is InChI=1S/C12H17N3O4/c1-4-15(7-8(2)11(16)17)9-5-6-13-10(14-9)12(18)19-3/h5-6,8H,4,7H2,1-3H3,(H,16,17). The number of carboxylic acids is 1. The van der Waals surface area contributed by atoms with Crippen molar-refractivity contribution in [1.82, 2.24) is 9.97 Å². The summed E-state index contributed by atoms with van der Waals surface area (Å²) in [6.07, 6.45) is 1.45. The Morgan fingerprint density at radius 1 is 1.53 bits per heavy atom. The number of methoxy groups -OCH3 is 1. The van der Waals surface area contributed by atoms with E-state index in [2.05, 4.69) is 14.7 Å². The van der Waals surface area contributed by atoms with Gasteiger partial charge in [0.05, 0.1) is 13.0 Å². The summed E-state index contributed by atoms with van der Waals surface area (Å²) in [7, 11) is 1.25. The molecule has 0 bridgehead atoms. The molecule has 7 nitrogen and oxygen atoms in total. The second-order valence-electron chi connectivity index (χ2n) is 4.01. The second-order valence-corrected chi connectivity index (χ2v) is 4.01. The summed E-state index contributed by atoms with van der Waals surface area (Å²) < 4.78 is 4.55. The van der Waals surface area contributed by atoms with E-state index in [1.807, 2.05) is 6.92 Å². The zero-order chi connectivity index (χ0) is 14.4. The van der Waals surface area contributed by atoms with E-state index in [9.17, 15) is 9.59 Å². The Morgan fingerprint density at radius 3 is 2.74 bits per heavy atom. The first-order chi connectivity index (χ1) is 8.99. The molecule has 1 aromatic rings. The van der Waals surface area contributed by atoms with Crippen LogP contribution in [0.15, 0.2) is 12.3 Å². The minimum Gasteiger partial charge on any atom is -0.481 e.